The zero-order valence-corrected chi connectivity index (χ0v) is 16.6. The summed E-state index contributed by atoms with van der Waals surface area (Å²) in [5.74, 6) is 0.677. The number of hydrogen-bond donors (Lipinski definition) is 0. The van der Waals surface area contributed by atoms with Crippen molar-refractivity contribution in [1.29, 1.82) is 0 Å². The molecule has 0 fully saturated rings. The largest absolute Gasteiger partial charge is 0.485 e. The number of aromatic nitrogens is 2. The molecule has 0 unspecified atom stereocenters. The zero-order valence-electron chi connectivity index (χ0n) is 16.6. The smallest absolute Gasteiger partial charge is 0.261 e. The molecule has 0 aliphatic carbocycles. The fourth-order valence-corrected chi connectivity index (χ4v) is 3.67. The van der Waals surface area contributed by atoms with Crippen molar-refractivity contribution in [3.8, 4) is 5.75 Å². The normalized spacial score (nSPS) is 15.7. The standard InChI is InChI=1S/C22H24N4O3/c1-3-25-13-16(29-20-11-7-6-10-19(20)25)12-24(2)21(27)14-26-15-23-18-9-5-4-8-17(18)22(26)28/h4-11,15-16H,3,12-14H2,1-2H3/t16-/m0/s1. The van der Waals surface area contributed by atoms with Crippen LogP contribution in [-0.2, 0) is 11.3 Å². The number of likely N-dealkylation sites (N-methyl/N-ethyl adjacent to an activating group) is 2. The van der Waals surface area contributed by atoms with Crippen molar-refractivity contribution >= 4 is 22.5 Å². The third-order valence-electron chi connectivity index (χ3n) is 5.25. The Morgan fingerprint density at radius 1 is 1.21 bits per heavy atom. The maximum Gasteiger partial charge on any atom is 0.261 e. The predicted molar refractivity (Wildman–Crippen MR) is 112 cm³/mol. The molecule has 7 nitrogen and oxygen atoms in total. The first-order valence-electron chi connectivity index (χ1n) is 9.75. The minimum absolute atomic E-state index is 0.0477. The zero-order chi connectivity index (χ0) is 20.4. The lowest BCUT2D eigenvalue weighted by atomic mass is 10.2. The highest BCUT2D eigenvalue weighted by Crippen LogP contribution is 2.32. The molecule has 2 aromatic carbocycles. The lowest BCUT2D eigenvalue weighted by molar-refractivity contribution is -0.131. The molecule has 1 aliphatic heterocycles. The monoisotopic (exact) mass is 392 g/mol. The van der Waals surface area contributed by atoms with E-state index in [1.54, 1.807) is 30.1 Å². The van der Waals surface area contributed by atoms with Gasteiger partial charge < -0.3 is 14.5 Å². The molecule has 0 bridgehead atoms. The number of hydrogen-bond acceptors (Lipinski definition) is 5. The van der Waals surface area contributed by atoms with Gasteiger partial charge in [0.15, 0.2) is 0 Å². The Balaban J connectivity index is 1.45. The third-order valence-corrected chi connectivity index (χ3v) is 5.25. The first kappa shape index (κ1) is 19.0. The molecule has 7 heteroatoms. The van der Waals surface area contributed by atoms with Crippen LogP contribution in [0.15, 0.2) is 59.7 Å². The average molecular weight is 392 g/mol. The fraction of sp³-hybridized carbons (Fsp3) is 0.318. The number of amides is 1. The minimum atomic E-state index is -0.211. The Labute approximate surface area is 169 Å². The SMILES string of the molecule is CCN1C[C@H](CN(C)C(=O)Cn2cnc3ccccc3c2=O)Oc2ccccc21. The van der Waals surface area contributed by atoms with Gasteiger partial charge in [-0.15, -0.1) is 0 Å². The molecule has 150 valence electrons. The Bertz CT molecular complexity index is 1090. The van der Waals surface area contributed by atoms with Crippen LogP contribution in [-0.4, -0.2) is 53.1 Å². The number of nitrogens with zero attached hydrogens (tertiary/aromatic N) is 4. The predicted octanol–water partition coefficient (Wildman–Crippen LogP) is 2.14. The average Bonchev–Trinajstić information content (AvgIpc) is 2.75. The van der Waals surface area contributed by atoms with Gasteiger partial charge in [0.25, 0.3) is 5.56 Å². The van der Waals surface area contributed by atoms with E-state index in [4.69, 9.17) is 4.74 Å². The van der Waals surface area contributed by atoms with Crippen molar-refractivity contribution in [1.82, 2.24) is 14.5 Å². The topological polar surface area (TPSA) is 67.7 Å². The third kappa shape index (κ3) is 3.81. The number of carbonyl (C=O) groups is 1. The van der Waals surface area contributed by atoms with Gasteiger partial charge in [0, 0.05) is 13.6 Å². The van der Waals surface area contributed by atoms with Gasteiger partial charge in [0.05, 0.1) is 36.0 Å². The van der Waals surface area contributed by atoms with E-state index in [0.29, 0.717) is 24.0 Å². The summed E-state index contributed by atoms with van der Waals surface area (Å²) in [5.41, 5.74) is 1.50. The molecule has 1 aromatic heterocycles. The van der Waals surface area contributed by atoms with Crippen LogP contribution in [0.5, 0.6) is 5.75 Å². The molecule has 3 aromatic rings. The van der Waals surface area contributed by atoms with Gasteiger partial charge in [-0.3, -0.25) is 14.2 Å². The van der Waals surface area contributed by atoms with Gasteiger partial charge in [-0.1, -0.05) is 24.3 Å². The van der Waals surface area contributed by atoms with E-state index < -0.39 is 0 Å². The molecule has 2 heterocycles. The quantitative estimate of drug-likeness (QED) is 0.666. The highest BCUT2D eigenvalue weighted by atomic mass is 16.5. The number of rotatable bonds is 5. The van der Waals surface area contributed by atoms with Crippen molar-refractivity contribution in [2.24, 2.45) is 0 Å². The highest BCUT2D eigenvalue weighted by Gasteiger charge is 2.26. The molecule has 29 heavy (non-hydrogen) atoms. The summed E-state index contributed by atoms with van der Waals surface area (Å²) in [6, 6.07) is 15.1. The number of para-hydroxylation sites is 3. The number of benzene rings is 2. The molecule has 0 saturated heterocycles. The first-order valence-corrected chi connectivity index (χ1v) is 9.75. The maximum absolute atomic E-state index is 12.7. The van der Waals surface area contributed by atoms with Crippen LogP contribution in [0.25, 0.3) is 10.9 Å². The molecule has 0 spiro atoms. The lowest BCUT2D eigenvalue weighted by Crippen LogP contribution is -2.47. The van der Waals surface area contributed by atoms with E-state index >= 15 is 0 Å². The Kier molecular flexibility index (Phi) is 5.20. The van der Waals surface area contributed by atoms with Gasteiger partial charge in [0.2, 0.25) is 5.91 Å². The lowest BCUT2D eigenvalue weighted by Gasteiger charge is -2.37. The Morgan fingerprint density at radius 2 is 1.97 bits per heavy atom. The summed E-state index contributed by atoms with van der Waals surface area (Å²) in [6.45, 7) is 4.08. The Morgan fingerprint density at radius 3 is 2.79 bits per heavy atom. The van der Waals surface area contributed by atoms with Crippen LogP contribution >= 0.6 is 0 Å². The second kappa shape index (κ2) is 7.95. The van der Waals surface area contributed by atoms with Crippen LogP contribution in [0.4, 0.5) is 5.69 Å². The van der Waals surface area contributed by atoms with Crippen molar-refractivity contribution < 1.29 is 9.53 Å². The summed E-state index contributed by atoms with van der Waals surface area (Å²) in [6.07, 6.45) is 1.30. The van der Waals surface area contributed by atoms with E-state index in [1.807, 2.05) is 30.3 Å². The second-order valence-electron chi connectivity index (χ2n) is 7.22. The molecule has 1 atom stereocenters. The van der Waals surface area contributed by atoms with Crippen LogP contribution in [0.1, 0.15) is 6.92 Å². The molecule has 0 radical (unpaired) electrons. The fourth-order valence-electron chi connectivity index (χ4n) is 3.67. The van der Waals surface area contributed by atoms with Gasteiger partial charge >= 0.3 is 0 Å². The maximum atomic E-state index is 12.7. The molecule has 1 amide bonds. The number of anilines is 1. The Hall–Kier alpha value is -3.35. The summed E-state index contributed by atoms with van der Waals surface area (Å²) in [4.78, 5) is 33.5. The molecular formula is C22H24N4O3. The van der Waals surface area contributed by atoms with Gasteiger partial charge in [-0.25, -0.2) is 4.98 Å². The molecule has 0 N–H and O–H groups in total. The number of carbonyl (C=O) groups excluding carboxylic acids is 1. The van der Waals surface area contributed by atoms with Gasteiger partial charge in [0.1, 0.15) is 18.4 Å². The van der Waals surface area contributed by atoms with Crippen LogP contribution < -0.4 is 15.2 Å². The molecule has 0 saturated carbocycles. The van der Waals surface area contributed by atoms with Crippen molar-refractivity contribution in [3.63, 3.8) is 0 Å². The summed E-state index contributed by atoms with van der Waals surface area (Å²) < 4.78 is 7.46. The van der Waals surface area contributed by atoms with Crippen molar-refractivity contribution in [3.05, 3.63) is 65.2 Å². The number of ether oxygens (including phenoxy) is 1. The van der Waals surface area contributed by atoms with E-state index in [1.165, 1.54) is 10.9 Å². The first-order chi connectivity index (χ1) is 14.1. The summed E-state index contributed by atoms with van der Waals surface area (Å²) >= 11 is 0. The van der Waals surface area contributed by atoms with Gasteiger partial charge in [-0.2, -0.15) is 0 Å². The molecule has 4 rings (SSSR count). The highest BCUT2D eigenvalue weighted by molar-refractivity contribution is 5.78. The van der Waals surface area contributed by atoms with Crippen LogP contribution in [0.2, 0.25) is 0 Å². The molecule has 1 aliphatic rings. The van der Waals surface area contributed by atoms with Crippen LogP contribution in [0.3, 0.4) is 0 Å². The number of fused-ring (bicyclic) bond motifs is 2. The second-order valence-corrected chi connectivity index (χ2v) is 7.22. The van der Waals surface area contributed by atoms with E-state index in [-0.39, 0.29) is 24.1 Å². The van der Waals surface area contributed by atoms with E-state index in [0.717, 1.165) is 18.0 Å². The summed E-state index contributed by atoms with van der Waals surface area (Å²) in [7, 11) is 1.74. The van der Waals surface area contributed by atoms with Crippen molar-refractivity contribution in [2.45, 2.75) is 19.6 Å². The van der Waals surface area contributed by atoms with Crippen LogP contribution in [0, 0.1) is 0 Å². The minimum Gasteiger partial charge on any atom is -0.485 e. The summed E-state index contributed by atoms with van der Waals surface area (Å²) in [5, 5.41) is 0.510. The molecular weight excluding hydrogens is 368 g/mol. The van der Waals surface area contributed by atoms with E-state index in [2.05, 4.69) is 16.8 Å². The van der Waals surface area contributed by atoms with Gasteiger partial charge in [-0.05, 0) is 31.2 Å². The van der Waals surface area contributed by atoms with Crippen molar-refractivity contribution in [2.75, 3.05) is 31.6 Å². The van der Waals surface area contributed by atoms with E-state index in [9.17, 15) is 9.59 Å².